The highest BCUT2D eigenvalue weighted by Crippen LogP contribution is 2.21. The summed E-state index contributed by atoms with van der Waals surface area (Å²) in [5.74, 6) is -0.481. The van der Waals surface area contributed by atoms with Crippen LogP contribution in [0.25, 0.3) is 0 Å². The third kappa shape index (κ3) is 2.49. The third-order valence-corrected chi connectivity index (χ3v) is 2.21. The maximum absolute atomic E-state index is 11.9. The molecule has 0 saturated carbocycles. The molecule has 1 aromatic rings. The van der Waals surface area contributed by atoms with E-state index in [4.69, 9.17) is 0 Å². The first-order valence-corrected chi connectivity index (χ1v) is 4.72. The zero-order valence-electron chi connectivity index (χ0n) is 8.44. The molecule has 90 valence electrons. The lowest BCUT2D eigenvalue weighted by Crippen LogP contribution is -2.22. The Labute approximate surface area is 94.8 Å². The molecular weight excluding hydrogens is 234 g/mol. The van der Waals surface area contributed by atoms with Gasteiger partial charge in [0.15, 0.2) is 0 Å². The molecule has 0 aliphatic carbocycles. The molecule has 1 atom stereocenters. The van der Waals surface area contributed by atoms with Crippen molar-refractivity contribution in [3.8, 4) is 5.75 Å². The van der Waals surface area contributed by atoms with Gasteiger partial charge in [-0.1, -0.05) is 12.1 Å². The van der Waals surface area contributed by atoms with Crippen LogP contribution in [0.2, 0.25) is 0 Å². The molecule has 1 aliphatic heterocycles. The van der Waals surface area contributed by atoms with Gasteiger partial charge in [0.25, 0.3) is 5.91 Å². The summed E-state index contributed by atoms with van der Waals surface area (Å²) >= 11 is 0. The van der Waals surface area contributed by atoms with Gasteiger partial charge in [-0.25, -0.2) is 4.79 Å². The SMILES string of the molecule is O=C1NC(=O)C(c2ccc(OC(F)F)cc2)N1. The summed E-state index contributed by atoms with van der Waals surface area (Å²) in [5.41, 5.74) is 0.495. The van der Waals surface area contributed by atoms with Crippen LogP contribution in [0.5, 0.6) is 5.75 Å². The normalized spacial score (nSPS) is 19.1. The number of rotatable bonds is 3. The molecule has 1 unspecified atom stereocenters. The van der Waals surface area contributed by atoms with Gasteiger partial charge in [0, 0.05) is 0 Å². The summed E-state index contributed by atoms with van der Waals surface area (Å²) in [6, 6.07) is 4.12. The van der Waals surface area contributed by atoms with E-state index in [1.165, 1.54) is 24.3 Å². The van der Waals surface area contributed by atoms with Crippen LogP contribution in [0.15, 0.2) is 24.3 Å². The molecule has 2 rings (SSSR count). The first-order valence-electron chi connectivity index (χ1n) is 4.72. The van der Waals surface area contributed by atoms with E-state index in [0.29, 0.717) is 5.56 Å². The van der Waals surface area contributed by atoms with Gasteiger partial charge in [-0.15, -0.1) is 0 Å². The molecule has 17 heavy (non-hydrogen) atoms. The van der Waals surface area contributed by atoms with Gasteiger partial charge in [-0.05, 0) is 17.7 Å². The highest BCUT2D eigenvalue weighted by atomic mass is 19.3. The summed E-state index contributed by atoms with van der Waals surface area (Å²) in [6.07, 6.45) is 0. The highest BCUT2D eigenvalue weighted by molar-refractivity contribution is 6.04. The Morgan fingerprint density at radius 1 is 1.18 bits per heavy atom. The lowest BCUT2D eigenvalue weighted by Gasteiger charge is -2.09. The van der Waals surface area contributed by atoms with Crippen LogP contribution in [-0.2, 0) is 4.79 Å². The van der Waals surface area contributed by atoms with Crippen molar-refractivity contribution in [1.82, 2.24) is 10.6 Å². The number of imide groups is 1. The minimum Gasteiger partial charge on any atom is -0.435 e. The van der Waals surface area contributed by atoms with Crippen LogP contribution in [0.1, 0.15) is 11.6 Å². The van der Waals surface area contributed by atoms with Crippen LogP contribution >= 0.6 is 0 Å². The number of alkyl halides is 2. The van der Waals surface area contributed by atoms with Gasteiger partial charge in [0.1, 0.15) is 11.8 Å². The van der Waals surface area contributed by atoms with Crippen molar-refractivity contribution >= 4 is 11.9 Å². The number of carbonyl (C=O) groups excluding carboxylic acids is 2. The van der Waals surface area contributed by atoms with Crippen molar-refractivity contribution < 1.29 is 23.1 Å². The molecule has 1 fully saturated rings. The van der Waals surface area contributed by atoms with Crippen molar-refractivity contribution in [2.24, 2.45) is 0 Å². The summed E-state index contributed by atoms with van der Waals surface area (Å²) in [4.78, 5) is 22.2. The second kappa shape index (κ2) is 4.36. The van der Waals surface area contributed by atoms with Crippen molar-refractivity contribution in [1.29, 1.82) is 0 Å². The predicted molar refractivity (Wildman–Crippen MR) is 52.5 cm³/mol. The monoisotopic (exact) mass is 242 g/mol. The van der Waals surface area contributed by atoms with E-state index in [2.05, 4.69) is 15.4 Å². The van der Waals surface area contributed by atoms with E-state index >= 15 is 0 Å². The quantitative estimate of drug-likeness (QED) is 0.782. The van der Waals surface area contributed by atoms with Crippen LogP contribution in [0.4, 0.5) is 13.6 Å². The average molecular weight is 242 g/mol. The molecule has 0 aromatic heterocycles. The molecule has 7 heteroatoms. The Morgan fingerprint density at radius 2 is 1.82 bits per heavy atom. The molecule has 2 N–H and O–H groups in total. The first kappa shape index (κ1) is 11.3. The summed E-state index contributed by atoms with van der Waals surface area (Å²) in [7, 11) is 0. The number of hydrogen-bond acceptors (Lipinski definition) is 3. The molecule has 1 aromatic carbocycles. The largest absolute Gasteiger partial charge is 0.435 e. The highest BCUT2D eigenvalue weighted by Gasteiger charge is 2.30. The Morgan fingerprint density at radius 3 is 2.29 bits per heavy atom. The van der Waals surface area contributed by atoms with Crippen LogP contribution in [0.3, 0.4) is 0 Å². The fraction of sp³-hybridized carbons (Fsp3) is 0.200. The van der Waals surface area contributed by atoms with E-state index in [1.807, 2.05) is 0 Å². The maximum Gasteiger partial charge on any atom is 0.387 e. The smallest absolute Gasteiger partial charge is 0.387 e. The minimum atomic E-state index is -2.89. The number of ether oxygens (including phenoxy) is 1. The molecule has 5 nitrogen and oxygen atoms in total. The number of halogens is 2. The van der Waals surface area contributed by atoms with E-state index < -0.39 is 24.6 Å². The number of hydrogen-bond donors (Lipinski definition) is 2. The molecule has 1 aliphatic rings. The Hall–Kier alpha value is -2.18. The number of urea groups is 1. The molecule has 0 bridgehead atoms. The van der Waals surface area contributed by atoms with Crippen LogP contribution < -0.4 is 15.4 Å². The van der Waals surface area contributed by atoms with Gasteiger partial charge in [-0.3, -0.25) is 10.1 Å². The molecule has 1 heterocycles. The summed E-state index contributed by atoms with van der Waals surface area (Å²) in [5, 5.41) is 4.46. The number of benzene rings is 1. The molecule has 0 spiro atoms. The molecule has 1 saturated heterocycles. The van der Waals surface area contributed by atoms with Crippen molar-refractivity contribution in [2.75, 3.05) is 0 Å². The van der Waals surface area contributed by atoms with E-state index in [1.54, 1.807) is 0 Å². The van der Waals surface area contributed by atoms with Crippen LogP contribution in [0, 0.1) is 0 Å². The van der Waals surface area contributed by atoms with Gasteiger partial charge >= 0.3 is 12.6 Å². The van der Waals surface area contributed by atoms with E-state index in [9.17, 15) is 18.4 Å². The van der Waals surface area contributed by atoms with E-state index in [-0.39, 0.29) is 5.75 Å². The molecular formula is C10H8F2N2O3. The lowest BCUT2D eigenvalue weighted by molar-refractivity contribution is -0.120. The first-order chi connectivity index (χ1) is 8.06. The number of amides is 3. The molecule has 0 radical (unpaired) electrons. The van der Waals surface area contributed by atoms with Gasteiger partial charge in [-0.2, -0.15) is 8.78 Å². The predicted octanol–water partition coefficient (Wildman–Crippen LogP) is 1.17. The standard InChI is InChI=1S/C10H8F2N2O3/c11-9(12)17-6-3-1-5(2-4-6)7-8(15)14-10(16)13-7/h1-4,7,9H,(H2,13,14,15,16). The zero-order chi connectivity index (χ0) is 12.4. The second-order valence-electron chi connectivity index (χ2n) is 3.34. The third-order valence-electron chi connectivity index (χ3n) is 2.21. The topological polar surface area (TPSA) is 67.4 Å². The Kier molecular flexibility index (Phi) is 2.90. The second-order valence-corrected chi connectivity index (χ2v) is 3.34. The number of nitrogens with one attached hydrogen (secondary N) is 2. The van der Waals surface area contributed by atoms with Gasteiger partial charge < -0.3 is 10.1 Å². The minimum absolute atomic E-state index is 0.00604. The average Bonchev–Trinajstić information content (AvgIpc) is 2.58. The Bertz CT molecular complexity index is 447. The zero-order valence-corrected chi connectivity index (χ0v) is 8.44. The van der Waals surface area contributed by atoms with Crippen molar-refractivity contribution in [3.63, 3.8) is 0 Å². The van der Waals surface area contributed by atoms with Crippen molar-refractivity contribution in [2.45, 2.75) is 12.7 Å². The van der Waals surface area contributed by atoms with E-state index in [0.717, 1.165) is 0 Å². The molecule has 3 amide bonds. The van der Waals surface area contributed by atoms with Crippen LogP contribution in [-0.4, -0.2) is 18.5 Å². The van der Waals surface area contributed by atoms with Crippen molar-refractivity contribution in [3.05, 3.63) is 29.8 Å². The summed E-state index contributed by atoms with van der Waals surface area (Å²) < 4.78 is 27.9. The number of carbonyl (C=O) groups is 2. The van der Waals surface area contributed by atoms with Gasteiger partial charge in [0.2, 0.25) is 0 Å². The Balaban J connectivity index is 2.13. The summed E-state index contributed by atoms with van der Waals surface area (Å²) in [6.45, 7) is -2.89. The fourth-order valence-electron chi connectivity index (χ4n) is 1.49. The van der Waals surface area contributed by atoms with Gasteiger partial charge in [0.05, 0.1) is 0 Å². The maximum atomic E-state index is 11.9. The fourth-order valence-corrected chi connectivity index (χ4v) is 1.49. The lowest BCUT2D eigenvalue weighted by atomic mass is 10.1.